The van der Waals surface area contributed by atoms with Gasteiger partial charge in [0.2, 0.25) is 0 Å². The lowest BCUT2D eigenvalue weighted by Gasteiger charge is -2.43. The molecular weight excluding hydrogens is 224 g/mol. The molecule has 2 fully saturated rings. The van der Waals surface area contributed by atoms with Crippen molar-refractivity contribution in [3.05, 3.63) is 0 Å². The molecule has 0 aliphatic heterocycles. The molecule has 0 radical (unpaired) electrons. The minimum Gasteiger partial charge on any atom is -0.481 e. The Bertz CT molecular complexity index is 271. The molecule has 0 aromatic heterocycles. The van der Waals surface area contributed by atoms with E-state index in [1.54, 1.807) is 0 Å². The molecule has 2 aliphatic carbocycles. The molecule has 2 heteroatoms. The van der Waals surface area contributed by atoms with Gasteiger partial charge in [0, 0.05) is 0 Å². The van der Waals surface area contributed by atoms with E-state index in [9.17, 15) is 9.90 Å². The van der Waals surface area contributed by atoms with Gasteiger partial charge in [0.1, 0.15) is 0 Å². The van der Waals surface area contributed by atoms with Gasteiger partial charge in [-0.15, -0.1) is 0 Å². The van der Waals surface area contributed by atoms with E-state index >= 15 is 0 Å². The van der Waals surface area contributed by atoms with Gasteiger partial charge in [0.05, 0.1) is 5.41 Å². The van der Waals surface area contributed by atoms with Crippen LogP contribution in [0.4, 0.5) is 0 Å². The molecular formula is C16H28O2. The van der Waals surface area contributed by atoms with Crippen molar-refractivity contribution in [3.63, 3.8) is 0 Å². The first-order valence-corrected chi connectivity index (χ1v) is 7.92. The molecule has 0 unspecified atom stereocenters. The van der Waals surface area contributed by atoms with Crippen molar-refractivity contribution in [2.45, 2.75) is 77.6 Å². The zero-order valence-electron chi connectivity index (χ0n) is 11.8. The van der Waals surface area contributed by atoms with E-state index in [2.05, 4.69) is 6.92 Å². The molecule has 0 aromatic rings. The highest BCUT2D eigenvalue weighted by molar-refractivity contribution is 5.75. The van der Waals surface area contributed by atoms with Gasteiger partial charge < -0.3 is 5.11 Å². The lowest BCUT2D eigenvalue weighted by atomic mass is 9.60. The first-order chi connectivity index (χ1) is 8.69. The fraction of sp³-hybridized carbons (Fsp3) is 0.938. The molecule has 0 bridgehead atoms. The summed E-state index contributed by atoms with van der Waals surface area (Å²) in [4.78, 5) is 11.8. The minimum absolute atomic E-state index is 0.352. The summed E-state index contributed by atoms with van der Waals surface area (Å²) >= 11 is 0. The van der Waals surface area contributed by atoms with E-state index < -0.39 is 5.97 Å². The molecule has 104 valence electrons. The summed E-state index contributed by atoms with van der Waals surface area (Å²) in [6, 6.07) is 0. The normalized spacial score (nSPS) is 32.1. The van der Waals surface area contributed by atoms with Crippen molar-refractivity contribution in [2.24, 2.45) is 17.3 Å². The SMILES string of the molecule is CCCC1CCC(C2(C(=O)O)CCCCC2)CC1. The highest BCUT2D eigenvalue weighted by atomic mass is 16.4. The van der Waals surface area contributed by atoms with Gasteiger partial charge in [0.15, 0.2) is 0 Å². The average Bonchev–Trinajstić information content (AvgIpc) is 2.40. The zero-order valence-corrected chi connectivity index (χ0v) is 11.8. The summed E-state index contributed by atoms with van der Waals surface area (Å²) in [6.45, 7) is 2.26. The summed E-state index contributed by atoms with van der Waals surface area (Å²) in [5, 5.41) is 9.71. The van der Waals surface area contributed by atoms with E-state index in [1.165, 1.54) is 32.1 Å². The standard InChI is InChI=1S/C16H28O2/c1-2-6-13-7-9-14(10-8-13)16(15(17)18)11-4-3-5-12-16/h13-14H,2-12H2,1H3,(H,17,18). The Morgan fingerprint density at radius 3 is 2.22 bits per heavy atom. The van der Waals surface area contributed by atoms with Gasteiger partial charge in [-0.2, -0.15) is 0 Å². The van der Waals surface area contributed by atoms with Gasteiger partial charge in [-0.1, -0.05) is 51.9 Å². The number of carboxylic acids is 1. The van der Waals surface area contributed by atoms with Gasteiger partial charge in [-0.05, 0) is 37.5 Å². The Morgan fingerprint density at radius 2 is 1.72 bits per heavy atom. The Morgan fingerprint density at radius 1 is 1.11 bits per heavy atom. The smallest absolute Gasteiger partial charge is 0.309 e. The molecule has 2 aliphatic rings. The van der Waals surface area contributed by atoms with Crippen LogP contribution in [0.25, 0.3) is 0 Å². The lowest BCUT2D eigenvalue weighted by molar-refractivity contribution is -0.156. The van der Waals surface area contributed by atoms with E-state index in [1.807, 2.05) is 0 Å². The third kappa shape index (κ3) is 2.73. The Kier molecular flexibility index (Phi) is 4.69. The topological polar surface area (TPSA) is 37.3 Å². The maximum absolute atomic E-state index is 11.8. The number of hydrogen-bond acceptors (Lipinski definition) is 1. The monoisotopic (exact) mass is 252 g/mol. The van der Waals surface area contributed by atoms with E-state index in [0.717, 1.165) is 44.4 Å². The molecule has 2 nitrogen and oxygen atoms in total. The third-order valence-electron chi connectivity index (χ3n) is 5.50. The molecule has 18 heavy (non-hydrogen) atoms. The zero-order chi connectivity index (χ0) is 13.0. The maximum atomic E-state index is 11.8. The second-order valence-corrected chi connectivity index (χ2v) is 6.53. The number of carboxylic acid groups (broad SMARTS) is 1. The second kappa shape index (κ2) is 6.08. The predicted molar refractivity (Wildman–Crippen MR) is 73.5 cm³/mol. The van der Waals surface area contributed by atoms with Crippen molar-refractivity contribution >= 4 is 5.97 Å². The summed E-state index contributed by atoms with van der Waals surface area (Å²) < 4.78 is 0. The van der Waals surface area contributed by atoms with Crippen LogP contribution in [0.2, 0.25) is 0 Å². The Balaban J connectivity index is 1.98. The van der Waals surface area contributed by atoms with Crippen LogP contribution in [0.15, 0.2) is 0 Å². The summed E-state index contributed by atoms with van der Waals surface area (Å²) in [5.41, 5.74) is -0.352. The third-order valence-corrected chi connectivity index (χ3v) is 5.50. The van der Waals surface area contributed by atoms with Gasteiger partial charge >= 0.3 is 5.97 Å². The molecule has 0 spiro atoms. The van der Waals surface area contributed by atoms with Crippen molar-refractivity contribution in [1.29, 1.82) is 0 Å². The Hall–Kier alpha value is -0.530. The average molecular weight is 252 g/mol. The lowest BCUT2D eigenvalue weighted by Crippen LogP contribution is -2.42. The first kappa shape index (κ1) is 13.9. The van der Waals surface area contributed by atoms with E-state index in [-0.39, 0.29) is 5.41 Å². The molecule has 0 heterocycles. The fourth-order valence-corrected chi connectivity index (χ4v) is 4.39. The fourth-order valence-electron chi connectivity index (χ4n) is 4.39. The van der Waals surface area contributed by atoms with Crippen molar-refractivity contribution in [1.82, 2.24) is 0 Å². The maximum Gasteiger partial charge on any atom is 0.309 e. The van der Waals surface area contributed by atoms with Crippen molar-refractivity contribution in [2.75, 3.05) is 0 Å². The van der Waals surface area contributed by atoms with Crippen LogP contribution in [-0.4, -0.2) is 11.1 Å². The highest BCUT2D eigenvalue weighted by Gasteiger charge is 2.46. The van der Waals surface area contributed by atoms with Crippen molar-refractivity contribution in [3.8, 4) is 0 Å². The van der Waals surface area contributed by atoms with E-state index in [4.69, 9.17) is 0 Å². The number of hydrogen-bond donors (Lipinski definition) is 1. The molecule has 2 saturated carbocycles. The molecule has 0 aromatic carbocycles. The van der Waals surface area contributed by atoms with Crippen LogP contribution in [0.1, 0.15) is 77.6 Å². The van der Waals surface area contributed by atoms with Crippen LogP contribution >= 0.6 is 0 Å². The number of carbonyl (C=O) groups is 1. The Labute approximate surface area is 111 Å². The van der Waals surface area contributed by atoms with Gasteiger partial charge in [-0.25, -0.2) is 0 Å². The van der Waals surface area contributed by atoms with Crippen LogP contribution in [0.5, 0.6) is 0 Å². The highest BCUT2D eigenvalue weighted by Crippen LogP contribution is 2.49. The minimum atomic E-state index is -0.499. The molecule has 0 saturated heterocycles. The van der Waals surface area contributed by atoms with Crippen LogP contribution in [0.3, 0.4) is 0 Å². The summed E-state index contributed by atoms with van der Waals surface area (Å²) in [6.07, 6.45) is 12.8. The van der Waals surface area contributed by atoms with Gasteiger partial charge in [-0.3, -0.25) is 4.79 Å². The second-order valence-electron chi connectivity index (χ2n) is 6.53. The van der Waals surface area contributed by atoms with Crippen LogP contribution in [-0.2, 0) is 4.79 Å². The quantitative estimate of drug-likeness (QED) is 0.792. The van der Waals surface area contributed by atoms with Crippen LogP contribution in [0, 0.1) is 17.3 Å². The largest absolute Gasteiger partial charge is 0.481 e. The predicted octanol–water partition coefficient (Wildman–Crippen LogP) is 4.63. The summed E-state index contributed by atoms with van der Waals surface area (Å²) in [5.74, 6) is 0.838. The number of rotatable bonds is 4. The molecule has 0 amide bonds. The molecule has 2 rings (SSSR count). The van der Waals surface area contributed by atoms with E-state index in [0.29, 0.717) is 5.92 Å². The molecule has 1 N–H and O–H groups in total. The summed E-state index contributed by atoms with van der Waals surface area (Å²) in [7, 11) is 0. The van der Waals surface area contributed by atoms with Crippen molar-refractivity contribution < 1.29 is 9.90 Å². The number of aliphatic carboxylic acids is 1. The molecule has 0 atom stereocenters. The first-order valence-electron chi connectivity index (χ1n) is 7.92. The van der Waals surface area contributed by atoms with Crippen LogP contribution < -0.4 is 0 Å². The van der Waals surface area contributed by atoms with Gasteiger partial charge in [0.25, 0.3) is 0 Å².